The van der Waals surface area contributed by atoms with Gasteiger partial charge in [0.05, 0.1) is 0 Å². The van der Waals surface area contributed by atoms with E-state index in [9.17, 15) is 9.18 Å². The van der Waals surface area contributed by atoms with Crippen LogP contribution in [0.1, 0.15) is 17.0 Å². The number of anilines is 1. The Morgan fingerprint density at radius 1 is 1.35 bits per heavy atom. The molecule has 5 nitrogen and oxygen atoms in total. The highest BCUT2D eigenvalue weighted by molar-refractivity contribution is 7.15. The minimum absolute atomic E-state index is 0. The van der Waals surface area contributed by atoms with Crippen molar-refractivity contribution >= 4 is 34.8 Å². The Morgan fingerprint density at radius 2 is 2.10 bits per heavy atom. The average molecular weight is 317 g/mol. The maximum Gasteiger partial charge on any atom is 0.227 e. The Morgan fingerprint density at radius 3 is 2.80 bits per heavy atom. The molecular formula is C12H14ClFN4OS. The molecule has 20 heavy (non-hydrogen) atoms. The van der Waals surface area contributed by atoms with Gasteiger partial charge in [-0.2, -0.15) is 0 Å². The van der Waals surface area contributed by atoms with Crippen molar-refractivity contribution in [3.05, 3.63) is 40.7 Å². The van der Waals surface area contributed by atoms with Gasteiger partial charge in [0.25, 0.3) is 0 Å². The molecule has 0 atom stereocenters. The molecule has 0 bridgehead atoms. The molecule has 1 heterocycles. The van der Waals surface area contributed by atoms with Crippen LogP contribution in [0.2, 0.25) is 0 Å². The number of carbonyl (C=O) groups excluding carboxylic acids is 1. The van der Waals surface area contributed by atoms with E-state index in [1.54, 1.807) is 18.2 Å². The van der Waals surface area contributed by atoms with Crippen LogP contribution < -0.4 is 11.1 Å². The summed E-state index contributed by atoms with van der Waals surface area (Å²) in [7, 11) is 0. The lowest BCUT2D eigenvalue weighted by Crippen LogP contribution is -2.15. The first-order valence-corrected chi connectivity index (χ1v) is 6.56. The van der Waals surface area contributed by atoms with Crippen molar-refractivity contribution in [2.75, 3.05) is 11.9 Å². The number of carbonyl (C=O) groups is 1. The maximum absolute atomic E-state index is 13.5. The lowest BCUT2D eigenvalue weighted by Gasteiger charge is -1.99. The van der Waals surface area contributed by atoms with Crippen molar-refractivity contribution < 1.29 is 9.18 Å². The first-order valence-electron chi connectivity index (χ1n) is 5.74. The number of hydrogen-bond acceptors (Lipinski definition) is 5. The smallest absolute Gasteiger partial charge is 0.227 e. The van der Waals surface area contributed by atoms with Crippen molar-refractivity contribution in [3.63, 3.8) is 0 Å². The summed E-state index contributed by atoms with van der Waals surface area (Å²) in [6, 6.07) is 6.50. The predicted octanol–water partition coefficient (Wildman–Crippen LogP) is 1.98. The number of nitrogens with zero attached hydrogens (tertiary/aromatic N) is 2. The number of nitrogens with one attached hydrogen (secondary N) is 1. The van der Waals surface area contributed by atoms with Crippen LogP contribution in [-0.2, 0) is 11.2 Å². The molecule has 2 aromatic rings. The van der Waals surface area contributed by atoms with Gasteiger partial charge in [0.2, 0.25) is 11.0 Å². The second-order valence-corrected chi connectivity index (χ2v) is 4.92. The SMILES string of the molecule is Cl.NCCC(=O)Nc1nnc(Cc2ccccc2F)s1. The average Bonchev–Trinajstić information content (AvgIpc) is 2.80. The predicted molar refractivity (Wildman–Crippen MR) is 78.7 cm³/mol. The van der Waals surface area contributed by atoms with Gasteiger partial charge in [-0.25, -0.2) is 4.39 Å². The number of amides is 1. The first kappa shape index (κ1) is 16.5. The van der Waals surface area contributed by atoms with E-state index in [2.05, 4.69) is 15.5 Å². The molecule has 0 aliphatic rings. The Kier molecular flexibility index (Phi) is 6.50. The standard InChI is InChI=1S/C12H13FN4OS.ClH/c13-9-4-2-1-3-8(9)7-11-16-17-12(19-11)15-10(18)5-6-14;/h1-4H,5-7,14H2,(H,15,17,18);1H. The van der Waals surface area contributed by atoms with E-state index in [0.29, 0.717) is 22.1 Å². The van der Waals surface area contributed by atoms with Gasteiger partial charge < -0.3 is 11.1 Å². The Balaban J connectivity index is 0.00000200. The molecule has 8 heteroatoms. The van der Waals surface area contributed by atoms with Gasteiger partial charge in [-0.15, -0.1) is 22.6 Å². The van der Waals surface area contributed by atoms with Crippen molar-refractivity contribution in [2.24, 2.45) is 5.73 Å². The molecule has 3 N–H and O–H groups in total. The molecule has 0 spiro atoms. The summed E-state index contributed by atoms with van der Waals surface area (Å²) in [6.07, 6.45) is 0.597. The first-order chi connectivity index (χ1) is 9.19. The van der Waals surface area contributed by atoms with Gasteiger partial charge in [0.15, 0.2) is 0 Å². The highest BCUT2D eigenvalue weighted by atomic mass is 35.5. The highest BCUT2D eigenvalue weighted by Gasteiger charge is 2.09. The largest absolute Gasteiger partial charge is 0.330 e. The molecule has 0 saturated heterocycles. The van der Waals surface area contributed by atoms with Crippen LogP contribution in [0.3, 0.4) is 0 Å². The van der Waals surface area contributed by atoms with Gasteiger partial charge in [-0.3, -0.25) is 4.79 Å². The number of hydrogen-bond donors (Lipinski definition) is 2. The van der Waals surface area contributed by atoms with Gasteiger partial charge in [-0.05, 0) is 11.6 Å². The number of benzene rings is 1. The van der Waals surface area contributed by atoms with Gasteiger partial charge in [0.1, 0.15) is 10.8 Å². The monoisotopic (exact) mass is 316 g/mol. The summed E-state index contributed by atoms with van der Waals surface area (Å²) < 4.78 is 13.5. The van der Waals surface area contributed by atoms with E-state index in [4.69, 9.17) is 5.73 Å². The van der Waals surface area contributed by atoms with Crippen molar-refractivity contribution in [1.29, 1.82) is 0 Å². The number of nitrogens with two attached hydrogens (primary N) is 1. The maximum atomic E-state index is 13.5. The van der Waals surface area contributed by atoms with Crippen molar-refractivity contribution in [1.82, 2.24) is 10.2 Å². The third-order valence-corrected chi connectivity index (χ3v) is 3.22. The van der Waals surface area contributed by atoms with Crippen molar-refractivity contribution in [3.8, 4) is 0 Å². The van der Waals surface area contributed by atoms with Crippen LogP contribution in [0, 0.1) is 5.82 Å². The van der Waals surface area contributed by atoms with Gasteiger partial charge in [-0.1, -0.05) is 29.5 Å². The fraction of sp³-hybridized carbons (Fsp3) is 0.250. The van der Waals surface area contributed by atoms with E-state index >= 15 is 0 Å². The number of halogens is 2. The van der Waals surface area contributed by atoms with E-state index in [-0.39, 0.29) is 37.1 Å². The third kappa shape index (κ3) is 4.52. The molecule has 108 valence electrons. The zero-order valence-corrected chi connectivity index (χ0v) is 12.1. The second kappa shape index (κ2) is 7.88. The molecule has 0 radical (unpaired) electrons. The number of rotatable bonds is 5. The summed E-state index contributed by atoms with van der Waals surface area (Å²) in [5.74, 6) is -0.470. The van der Waals surface area contributed by atoms with Gasteiger partial charge in [0, 0.05) is 19.4 Å². The topological polar surface area (TPSA) is 80.9 Å². The van der Waals surface area contributed by atoms with Crippen LogP contribution in [0.5, 0.6) is 0 Å². The molecule has 2 rings (SSSR count). The number of aromatic nitrogens is 2. The quantitative estimate of drug-likeness (QED) is 0.883. The fourth-order valence-electron chi connectivity index (χ4n) is 1.49. The second-order valence-electron chi connectivity index (χ2n) is 3.86. The lowest BCUT2D eigenvalue weighted by atomic mass is 10.1. The third-order valence-electron chi connectivity index (χ3n) is 2.38. The Hall–Kier alpha value is -1.57. The minimum Gasteiger partial charge on any atom is -0.330 e. The molecule has 0 unspecified atom stereocenters. The molecule has 1 aromatic heterocycles. The highest BCUT2D eigenvalue weighted by Crippen LogP contribution is 2.19. The molecule has 1 amide bonds. The summed E-state index contributed by atoms with van der Waals surface area (Å²) in [5, 5.41) is 11.4. The molecule has 0 aliphatic heterocycles. The Bertz CT molecular complexity index is 578. The van der Waals surface area contributed by atoms with Crippen LogP contribution in [-0.4, -0.2) is 22.6 Å². The zero-order valence-electron chi connectivity index (χ0n) is 10.5. The van der Waals surface area contributed by atoms with E-state index in [1.165, 1.54) is 17.4 Å². The lowest BCUT2D eigenvalue weighted by molar-refractivity contribution is -0.116. The van der Waals surface area contributed by atoms with Crippen LogP contribution in [0.4, 0.5) is 9.52 Å². The molecule has 0 saturated carbocycles. The van der Waals surface area contributed by atoms with Crippen LogP contribution >= 0.6 is 23.7 Å². The molecule has 0 aliphatic carbocycles. The fourth-order valence-corrected chi connectivity index (χ4v) is 2.27. The van der Waals surface area contributed by atoms with E-state index in [1.807, 2.05) is 0 Å². The normalized spacial score (nSPS) is 9.90. The van der Waals surface area contributed by atoms with Crippen LogP contribution in [0.15, 0.2) is 24.3 Å². The summed E-state index contributed by atoms with van der Waals surface area (Å²) >= 11 is 1.23. The zero-order chi connectivity index (χ0) is 13.7. The van der Waals surface area contributed by atoms with E-state index in [0.717, 1.165) is 0 Å². The minimum atomic E-state index is -0.272. The summed E-state index contributed by atoms with van der Waals surface area (Å²) in [5.41, 5.74) is 5.83. The summed E-state index contributed by atoms with van der Waals surface area (Å²) in [6.45, 7) is 0.284. The van der Waals surface area contributed by atoms with Crippen LogP contribution in [0.25, 0.3) is 0 Å². The molecule has 1 aromatic carbocycles. The van der Waals surface area contributed by atoms with Crippen molar-refractivity contribution in [2.45, 2.75) is 12.8 Å². The Labute approximate surface area is 125 Å². The molecule has 0 fully saturated rings. The summed E-state index contributed by atoms with van der Waals surface area (Å²) in [4.78, 5) is 11.3. The molecular weight excluding hydrogens is 303 g/mol. The van der Waals surface area contributed by atoms with Gasteiger partial charge >= 0.3 is 0 Å². The van der Waals surface area contributed by atoms with E-state index < -0.39 is 0 Å².